The molecule has 4 heterocycles. The fourth-order valence-electron chi connectivity index (χ4n) is 7.26. The van der Waals surface area contributed by atoms with Gasteiger partial charge in [-0.1, -0.05) is 58.6 Å². The Bertz CT molecular complexity index is 2070. The Morgan fingerprint density at radius 3 is 2.46 bits per heavy atom. The van der Waals surface area contributed by atoms with E-state index in [1.165, 1.54) is 0 Å². The second-order valence-electron chi connectivity index (χ2n) is 14.9. The molecule has 0 saturated carbocycles. The normalized spacial score (nSPS) is 20.2. The molecule has 283 valence electrons. The standard InChI is InChI=1S/C41H50N7O4SSi/c1-8-52-39(51)46-41(54,26(4)5)38(50)48-22-10-20-40(48,53-7)37-44-31-19-16-29(23-32(31)45-37)13-12-28-14-17-30(18-15-28)33-24-42-35(43-33)34-11-9-21-47(34)36(49)27(6)25(2)3/h14-19,23-27,34H,8-11,20-22H2,1-7H3,(H,42,43)(H,44,45)(H,46,51). The van der Waals surface area contributed by atoms with Crippen LogP contribution in [0.25, 0.3) is 22.3 Å². The van der Waals surface area contributed by atoms with Crippen molar-refractivity contribution in [2.24, 2.45) is 17.8 Å². The predicted octanol–water partition coefficient (Wildman–Crippen LogP) is 6.71. The highest BCUT2D eigenvalue weighted by molar-refractivity contribution is 7.99. The summed E-state index contributed by atoms with van der Waals surface area (Å²) >= 11 is 1.56. The molecule has 2 fully saturated rings. The van der Waals surface area contributed by atoms with E-state index in [1.54, 1.807) is 18.7 Å². The van der Waals surface area contributed by atoms with Crippen molar-refractivity contribution >= 4 is 50.9 Å². The maximum Gasteiger partial charge on any atom is 0.407 e. The van der Waals surface area contributed by atoms with Gasteiger partial charge in [-0.2, -0.15) is 0 Å². The summed E-state index contributed by atoms with van der Waals surface area (Å²) in [7, 11) is 3.67. The SMILES string of the molecule is CCOC(=O)NC([Si])(C(=O)N1CCCC1(SC)c1nc2ccc(C#Cc3ccc(-c4cnc(C5CCCN5C(=O)C(C)C(C)C)[nH]4)cc3)cc2[nH]1)C(C)C. The number of hydrogen-bond acceptors (Lipinski definition) is 7. The fraction of sp³-hybridized carbons (Fsp3) is 0.488. The van der Waals surface area contributed by atoms with Crippen LogP contribution in [-0.4, -0.2) is 89.0 Å². The number of hydrogen-bond donors (Lipinski definition) is 3. The highest BCUT2D eigenvalue weighted by Crippen LogP contribution is 2.47. The van der Waals surface area contributed by atoms with Crippen molar-refractivity contribution in [3.8, 4) is 23.1 Å². The molecule has 54 heavy (non-hydrogen) atoms. The lowest BCUT2D eigenvalue weighted by molar-refractivity contribution is -0.138. The quantitative estimate of drug-likeness (QED) is 0.121. The number of aromatic amines is 2. The van der Waals surface area contributed by atoms with E-state index in [2.05, 4.69) is 56.2 Å². The number of nitrogens with zero attached hydrogens (tertiary/aromatic N) is 4. The molecular weight excluding hydrogens is 715 g/mol. The van der Waals surface area contributed by atoms with Gasteiger partial charge in [-0.05, 0) is 86.6 Å². The number of aromatic nitrogens is 4. The Morgan fingerprint density at radius 2 is 1.78 bits per heavy atom. The largest absolute Gasteiger partial charge is 0.450 e. The number of fused-ring (bicyclic) bond motifs is 1. The highest BCUT2D eigenvalue weighted by Gasteiger charge is 2.52. The number of H-pyrrole nitrogens is 2. The first-order valence-corrected chi connectivity index (χ1v) is 20.6. The summed E-state index contributed by atoms with van der Waals surface area (Å²) in [6.45, 7) is 13.2. The van der Waals surface area contributed by atoms with Gasteiger partial charge >= 0.3 is 6.09 Å². The number of ether oxygens (including phenoxy) is 1. The topological polar surface area (TPSA) is 136 Å². The monoisotopic (exact) mass is 764 g/mol. The molecule has 2 saturated heterocycles. The fourth-order valence-corrected chi connectivity index (χ4v) is 8.53. The smallest absolute Gasteiger partial charge is 0.407 e. The first-order valence-electron chi connectivity index (χ1n) is 18.9. The van der Waals surface area contributed by atoms with Gasteiger partial charge in [0, 0.05) is 30.1 Å². The maximum absolute atomic E-state index is 14.2. The number of rotatable bonds is 10. The van der Waals surface area contributed by atoms with Gasteiger partial charge in [0.15, 0.2) is 0 Å². The summed E-state index contributed by atoms with van der Waals surface area (Å²) in [5.41, 5.74) is 5.23. The number of imidazole rings is 2. The minimum Gasteiger partial charge on any atom is -0.450 e. The number of thioether (sulfide) groups is 1. The van der Waals surface area contributed by atoms with Crippen LogP contribution >= 0.6 is 11.8 Å². The molecule has 13 heteroatoms. The van der Waals surface area contributed by atoms with Crippen LogP contribution in [0, 0.1) is 29.6 Å². The number of carbonyl (C=O) groups excluding carboxylic acids is 3. The van der Waals surface area contributed by atoms with E-state index in [-0.39, 0.29) is 36.3 Å². The van der Waals surface area contributed by atoms with Crippen LogP contribution in [-0.2, 0) is 19.2 Å². The van der Waals surface area contributed by atoms with Crippen LogP contribution in [0.2, 0.25) is 0 Å². The van der Waals surface area contributed by atoms with Crippen LogP contribution in [0.4, 0.5) is 4.79 Å². The van der Waals surface area contributed by atoms with Crippen molar-refractivity contribution in [1.82, 2.24) is 35.1 Å². The van der Waals surface area contributed by atoms with Crippen LogP contribution in [0.3, 0.4) is 0 Å². The van der Waals surface area contributed by atoms with Crippen LogP contribution < -0.4 is 5.32 Å². The third-order valence-corrected chi connectivity index (χ3v) is 13.1. The van der Waals surface area contributed by atoms with Gasteiger partial charge in [-0.3, -0.25) is 9.59 Å². The number of carbonyl (C=O) groups is 3. The summed E-state index contributed by atoms with van der Waals surface area (Å²) in [5, 5.41) is 1.42. The lowest BCUT2D eigenvalue weighted by Crippen LogP contribution is -2.65. The second kappa shape index (κ2) is 16.1. The zero-order valence-corrected chi connectivity index (χ0v) is 34.0. The van der Waals surface area contributed by atoms with Gasteiger partial charge in [-0.15, -0.1) is 11.8 Å². The van der Waals surface area contributed by atoms with Crippen LogP contribution in [0.15, 0.2) is 48.7 Å². The number of nitrogens with one attached hydrogen (secondary N) is 3. The average molecular weight is 765 g/mol. The molecule has 0 bridgehead atoms. The van der Waals surface area contributed by atoms with Gasteiger partial charge < -0.3 is 29.8 Å². The minimum atomic E-state index is -1.35. The third-order valence-electron chi connectivity index (χ3n) is 10.9. The molecule has 3 radical (unpaired) electrons. The number of amides is 3. The van der Waals surface area contributed by atoms with E-state index >= 15 is 0 Å². The zero-order valence-electron chi connectivity index (χ0n) is 32.2. The van der Waals surface area contributed by atoms with Crippen molar-refractivity contribution in [2.75, 3.05) is 26.0 Å². The highest BCUT2D eigenvalue weighted by atomic mass is 32.2. The van der Waals surface area contributed by atoms with Gasteiger partial charge in [0.25, 0.3) is 0 Å². The molecule has 4 aromatic rings. The molecule has 6 rings (SSSR count). The molecule has 11 nitrogen and oxygen atoms in total. The van der Waals surface area contributed by atoms with E-state index in [4.69, 9.17) is 9.72 Å². The van der Waals surface area contributed by atoms with E-state index in [0.29, 0.717) is 24.7 Å². The Balaban J connectivity index is 1.18. The molecule has 3 N–H and O–H groups in total. The van der Waals surface area contributed by atoms with Gasteiger partial charge in [0.2, 0.25) is 11.8 Å². The lowest BCUT2D eigenvalue weighted by atomic mass is 9.96. The molecule has 3 amide bonds. The Morgan fingerprint density at radius 1 is 1.06 bits per heavy atom. The van der Waals surface area contributed by atoms with Crippen molar-refractivity contribution in [1.29, 1.82) is 0 Å². The molecule has 4 atom stereocenters. The van der Waals surface area contributed by atoms with E-state index in [1.807, 2.05) is 85.5 Å². The van der Waals surface area contributed by atoms with E-state index < -0.39 is 16.1 Å². The van der Waals surface area contributed by atoms with Crippen molar-refractivity contribution in [3.63, 3.8) is 0 Å². The molecule has 2 aromatic heterocycles. The van der Waals surface area contributed by atoms with Gasteiger partial charge in [0.1, 0.15) is 21.7 Å². The van der Waals surface area contributed by atoms with Crippen LogP contribution in [0.1, 0.15) is 96.0 Å². The molecule has 4 unspecified atom stereocenters. The summed E-state index contributed by atoms with van der Waals surface area (Å²) < 4.78 is 5.12. The molecule has 2 aliphatic rings. The van der Waals surface area contributed by atoms with Crippen molar-refractivity contribution < 1.29 is 19.1 Å². The molecule has 0 aliphatic carbocycles. The lowest BCUT2D eigenvalue weighted by Gasteiger charge is -2.42. The predicted molar refractivity (Wildman–Crippen MR) is 213 cm³/mol. The first kappa shape index (κ1) is 39.2. The van der Waals surface area contributed by atoms with Crippen molar-refractivity contribution in [3.05, 3.63) is 71.4 Å². The van der Waals surface area contributed by atoms with Crippen LogP contribution in [0.5, 0.6) is 0 Å². The Labute approximate surface area is 325 Å². The van der Waals surface area contributed by atoms with Gasteiger partial charge in [-0.25, -0.2) is 14.8 Å². The summed E-state index contributed by atoms with van der Waals surface area (Å²) in [4.78, 5) is 59.6. The molecule has 2 aromatic carbocycles. The minimum absolute atomic E-state index is 0.0196. The third kappa shape index (κ3) is 7.55. The molecule has 2 aliphatic heterocycles. The Kier molecular flexibility index (Phi) is 11.6. The number of benzene rings is 2. The molecule has 0 spiro atoms. The maximum atomic E-state index is 14.2. The zero-order chi connectivity index (χ0) is 38.8. The van der Waals surface area contributed by atoms with E-state index in [9.17, 15) is 14.4 Å². The Hall–Kier alpha value is -4.54. The molecular formula is C41H50N7O4SSi. The van der Waals surface area contributed by atoms with Gasteiger partial charge in [0.05, 0.1) is 45.8 Å². The summed E-state index contributed by atoms with van der Waals surface area (Å²) in [6, 6.07) is 13.9. The number of likely N-dealkylation sites (tertiary alicyclic amines) is 2. The summed E-state index contributed by atoms with van der Waals surface area (Å²) in [5.74, 6) is 8.06. The summed E-state index contributed by atoms with van der Waals surface area (Å²) in [6.07, 6.45) is 6.56. The first-order chi connectivity index (χ1) is 25.8. The second-order valence-corrected chi connectivity index (χ2v) is 16.8. The average Bonchev–Trinajstić information content (AvgIpc) is 3.99. The number of alkyl carbamates (subject to hydrolysis) is 1. The van der Waals surface area contributed by atoms with Crippen molar-refractivity contribution in [2.45, 2.75) is 83.3 Å². The van der Waals surface area contributed by atoms with E-state index in [0.717, 1.165) is 65.0 Å².